The van der Waals surface area contributed by atoms with Crippen LogP contribution in [0.15, 0.2) is 21.8 Å². The van der Waals surface area contributed by atoms with Crippen LogP contribution in [0.1, 0.15) is 12.6 Å². The molecule has 0 aliphatic carbocycles. The second-order valence-electron chi connectivity index (χ2n) is 5.61. The average molecular weight is 503 g/mol. The van der Waals surface area contributed by atoms with Gasteiger partial charge >= 0.3 is 0 Å². The van der Waals surface area contributed by atoms with Crippen molar-refractivity contribution in [3.05, 3.63) is 18.0 Å². The molecular formula is C14H26IN5O3S2. The minimum Gasteiger partial charge on any atom is -0.364 e. The van der Waals surface area contributed by atoms with E-state index >= 15 is 0 Å². The van der Waals surface area contributed by atoms with Gasteiger partial charge in [-0.25, -0.2) is 8.42 Å². The number of rotatable bonds is 6. The van der Waals surface area contributed by atoms with E-state index in [1.54, 1.807) is 24.9 Å². The molecule has 0 radical (unpaired) electrons. The number of nitrogens with one attached hydrogen (secondary N) is 1. The topological polar surface area (TPSA) is 91.0 Å². The number of hydrogen-bond donors (Lipinski definition) is 1. The van der Waals surface area contributed by atoms with Crippen molar-refractivity contribution in [2.45, 2.75) is 17.9 Å². The number of piperazine rings is 1. The summed E-state index contributed by atoms with van der Waals surface area (Å²) in [5.41, 5.74) is 0.431. The maximum Gasteiger partial charge on any atom is 0.220 e. The lowest BCUT2D eigenvalue weighted by Gasteiger charge is -2.36. The molecule has 2 heterocycles. The van der Waals surface area contributed by atoms with Crippen LogP contribution in [0, 0.1) is 0 Å². The normalized spacial score (nSPS) is 17.9. The summed E-state index contributed by atoms with van der Waals surface area (Å²) in [6.07, 6.45) is 3.46. The van der Waals surface area contributed by atoms with Gasteiger partial charge in [0.2, 0.25) is 10.0 Å². The van der Waals surface area contributed by atoms with Crippen LogP contribution in [0.5, 0.6) is 0 Å². The van der Waals surface area contributed by atoms with Gasteiger partial charge < -0.3 is 14.7 Å². The molecule has 11 heteroatoms. The Bertz CT molecular complexity index is 631. The van der Waals surface area contributed by atoms with Gasteiger partial charge in [0.25, 0.3) is 0 Å². The Morgan fingerprint density at radius 1 is 1.44 bits per heavy atom. The Kier molecular flexibility index (Phi) is 9.52. The Labute approximate surface area is 170 Å². The summed E-state index contributed by atoms with van der Waals surface area (Å²) in [5.74, 6) is 0.700. The van der Waals surface area contributed by atoms with E-state index in [1.807, 2.05) is 0 Å². The fourth-order valence-corrected chi connectivity index (χ4v) is 4.09. The minimum absolute atomic E-state index is 0. The van der Waals surface area contributed by atoms with E-state index in [9.17, 15) is 8.42 Å². The van der Waals surface area contributed by atoms with Gasteiger partial charge in [-0.05, 0) is 6.26 Å². The average Bonchev–Trinajstić information content (AvgIpc) is 3.07. The number of halogens is 1. The van der Waals surface area contributed by atoms with Crippen molar-refractivity contribution in [3.8, 4) is 0 Å². The first kappa shape index (κ1) is 22.5. The van der Waals surface area contributed by atoms with Crippen LogP contribution in [0.25, 0.3) is 0 Å². The van der Waals surface area contributed by atoms with Crippen molar-refractivity contribution in [2.24, 2.45) is 4.99 Å². The molecule has 1 saturated heterocycles. The third-order valence-corrected chi connectivity index (χ3v) is 6.70. The molecule has 144 valence electrons. The molecule has 8 nitrogen and oxygen atoms in total. The third-order valence-electron chi connectivity index (χ3n) is 3.91. The van der Waals surface area contributed by atoms with Gasteiger partial charge in [0.15, 0.2) is 5.96 Å². The molecule has 0 amide bonds. The van der Waals surface area contributed by atoms with Gasteiger partial charge in [0.1, 0.15) is 12.0 Å². The van der Waals surface area contributed by atoms with Crippen molar-refractivity contribution in [1.82, 2.24) is 19.7 Å². The zero-order chi connectivity index (χ0) is 17.6. The van der Waals surface area contributed by atoms with Gasteiger partial charge in [0, 0.05) is 51.1 Å². The van der Waals surface area contributed by atoms with E-state index in [4.69, 9.17) is 4.52 Å². The van der Waals surface area contributed by atoms with Crippen molar-refractivity contribution in [1.29, 1.82) is 0 Å². The molecule has 0 aromatic carbocycles. The zero-order valence-corrected chi connectivity index (χ0v) is 18.7. The van der Waals surface area contributed by atoms with E-state index < -0.39 is 10.0 Å². The monoisotopic (exact) mass is 503 g/mol. The molecule has 0 bridgehead atoms. The first-order chi connectivity index (χ1) is 11.5. The van der Waals surface area contributed by atoms with Gasteiger partial charge in [-0.3, -0.25) is 4.99 Å². The smallest absolute Gasteiger partial charge is 0.220 e. The van der Waals surface area contributed by atoms with Crippen LogP contribution >= 0.6 is 35.7 Å². The molecule has 1 atom stereocenters. The zero-order valence-electron chi connectivity index (χ0n) is 14.7. The van der Waals surface area contributed by atoms with E-state index in [2.05, 4.69) is 33.5 Å². The summed E-state index contributed by atoms with van der Waals surface area (Å²) in [4.78, 5) is 6.39. The van der Waals surface area contributed by atoms with Gasteiger partial charge in [-0.1, -0.05) is 12.1 Å². The van der Waals surface area contributed by atoms with Gasteiger partial charge in [0.05, 0.1) is 5.69 Å². The van der Waals surface area contributed by atoms with Crippen LogP contribution in [0.3, 0.4) is 0 Å². The minimum atomic E-state index is -3.37. The standard InChI is InChI=1S/C14H25N5O3S2.HI/c1-12(23-3)10-16-14(15-2)18-5-7-19(8-6-18)24(20,21)11-13-4-9-22-17-13;/h4,9,12H,5-8,10-11H2,1-3H3,(H,15,16);1H. The summed E-state index contributed by atoms with van der Waals surface area (Å²) in [6, 6.07) is 1.58. The molecule has 1 N–H and O–H groups in total. The first-order valence-corrected chi connectivity index (χ1v) is 10.7. The fourth-order valence-electron chi connectivity index (χ4n) is 2.42. The second kappa shape index (κ2) is 10.6. The number of thioether (sulfide) groups is 1. The van der Waals surface area contributed by atoms with Crippen molar-refractivity contribution in [3.63, 3.8) is 0 Å². The third kappa shape index (κ3) is 6.61. The Balaban J connectivity index is 0.00000312. The molecule has 0 saturated carbocycles. The predicted octanol–water partition coefficient (Wildman–Crippen LogP) is 1.07. The summed E-state index contributed by atoms with van der Waals surface area (Å²) < 4.78 is 31.1. The Morgan fingerprint density at radius 3 is 2.64 bits per heavy atom. The van der Waals surface area contributed by atoms with Crippen molar-refractivity contribution in [2.75, 3.05) is 46.0 Å². The highest BCUT2D eigenvalue weighted by Gasteiger charge is 2.28. The lowest BCUT2D eigenvalue weighted by Crippen LogP contribution is -2.54. The van der Waals surface area contributed by atoms with E-state index in [-0.39, 0.29) is 29.7 Å². The summed E-state index contributed by atoms with van der Waals surface area (Å²) >= 11 is 1.79. The predicted molar refractivity (Wildman–Crippen MR) is 112 cm³/mol. The lowest BCUT2D eigenvalue weighted by molar-refractivity contribution is 0.260. The van der Waals surface area contributed by atoms with Gasteiger partial charge in [-0.2, -0.15) is 16.1 Å². The number of aromatic nitrogens is 1. The van der Waals surface area contributed by atoms with Crippen LogP contribution in [-0.4, -0.2) is 80.0 Å². The maximum absolute atomic E-state index is 12.4. The van der Waals surface area contributed by atoms with Crippen LogP contribution in [0.2, 0.25) is 0 Å². The summed E-state index contributed by atoms with van der Waals surface area (Å²) in [7, 11) is -1.62. The second-order valence-corrected chi connectivity index (χ2v) is 8.85. The number of nitrogens with zero attached hydrogens (tertiary/aromatic N) is 4. The lowest BCUT2D eigenvalue weighted by atomic mass is 10.4. The molecule has 2 rings (SSSR count). The summed E-state index contributed by atoms with van der Waals surface area (Å²) in [5, 5.41) is 7.52. The quantitative estimate of drug-likeness (QED) is 0.353. The molecule has 1 aliphatic heterocycles. The highest BCUT2D eigenvalue weighted by molar-refractivity contribution is 14.0. The van der Waals surface area contributed by atoms with E-state index in [0.717, 1.165) is 12.5 Å². The molecule has 1 fully saturated rings. The molecule has 1 unspecified atom stereocenters. The number of hydrogen-bond acceptors (Lipinski definition) is 6. The summed E-state index contributed by atoms with van der Waals surface area (Å²) in [6.45, 7) is 5.10. The largest absolute Gasteiger partial charge is 0.364 e. The molecule has 1 aromatic rings. The Hall–Kier alpha value is -0.530. The number of sulfonamides is 1. The van der Waals surface area contributed by atoms with Crippen LogP contribution < -0.4 is 5.32 Å². The molecule has 0 spiro atoms. The van der Waals surface area contributed by atoms with Crippen LogP contribution in [-0.2, 0) is 15.8 Å². The first-order valence-electron chi connectivity index (χ1n) is 7.81. The Morgan fingerprint density at radius 2 is 2.12 bits per heavy atom. The SMILES string of the molecule is CN=C(NCC(C)SC)N1CCN(S(=O)(=O)Cc2ccon2)CC1.I. The van der Waals surface area contributed by atoms with Crippen LogP contribution in [0.4, 0.5) is 0 Å². The van der Waals surface area contributed by atoms with Gasteiger partial charge in [-0.15, -0.1) is 24.0 Å². The number of aliphatic imine (C=N–C) groups is 1. The van der Waals surface area contributed by atoms with E-state index in [0.29, 0.717) is 37.1 Å². The molecular weight excluding hydrogens is 477 g/mol. The maximum atomic E-state index is 12.4. The highest BCUT2D eigenvalue weighted by atomic mass is 127. The van der Waals surface area contributed by atoms with Crippen molar-refractivity contribution < 1.29 is 12.9 Å². The molecule has 25 heavy (non-hydrogen) atoms. The fraction of sp³-hybridized carbons (Fsp3) is 0.714. The van der Waals surface area contributed by atoms with Crippen molar-refractivity contribution >= 4 is 51.7 Å². The molecule has 1 aliphatic rings. The highest BCUT2D eigenvalue weighted by Crippen LogP contribution is 2.13. The number of guanidine groups is 1. The molecule has 1 aromatic heterocycles. The van der Waals surface area contributed by atoms with E-state index in [1.165, 1.54) is 10.6 Å².